The van der Waals surface area contributed by atoms with E-state index in [9.17, 15) is 9.59 Å². The Morgan fingerprint density at radius 1 is 1.09 bits per heavy atom. The van der Waals surface area contributed by atoms with Crippen molar-refractivity contribution in [2.75, 3.05) is 5.32 Å². The summed E-state index contributed by atoms with van der Waals surface area (Å²) >= 11 is 2.27. The Labute approximate surface area is 199 Å². The van der Waals surface area contributed by atoms with Gasteiger partial charge in [0.05, 0.1) is 0 Å². The zero-order valence-corrected chi connectivity index (χ0v) is 19.3. The first-order chi connectivity index (χ1) is 15.5. The van der Waals surface area contributed by atoms with Gasteiger partial charge in [-0.15, -0.1) is 0 Å². The van der Waals surface area contributed by atoms with E-state index >= 15 is 0 Å². The van der Waals surface area contributed by atoms with E-state index in [1.165, 1.54) is 6.92 Å². The number of cyclic esters (lactones) is 1. The van der Waals surface area contributed by atoms with Crippen LogP contribution in [0.3, 0.4) is 0 Å². The third kappa shape index (κ3) is 5.61. The van der Waals surface area contributed by atoms with E-state index in [-0.39, 0.29) is 17.5 Å². The van der Waals surface area contributed by atoms with Gasteiger partial charge in [0.1, 0.15) is 12.4 Å². The molecule has 1 aliphatic heterocycles. The number of amides is 1. The molecule has 160 valence electrons. The average molecular weight is 538 g/mol. The highest BCUT2D eigenvalue weighted by atomic mass is 127. The Hall–Kier alpha value is -3.46. The molecule has 0 atom stereocenters. The lowest BCUT2D eigenvalue weighted by atomic mass is 10.2. The first kappa shape index (κ1) is 21.8. The van der Waals surface area contributed by atoms with Crippen molar-refractivity contribution < 1.29 is 19.1 Å². The number of carbonyl (C=O) groups excluding carboxylic acids is 2. The molecule has 0 radical (unpaired) electrons. The second-order valence-corrected chi connectivity index (χ2v) is 8.33. The Kier molecular flexibility index (Phi) is 6.65. The third-order valence-corrected chi connectivity index (χ3v) is 5.22. The van der Waals surface area contributed by atoms with Crippen molar-refractivity contribution in [3.63, 3.8) is 0 Å². The van der Waals surface area contributed by atoms with Gasteiger partial charge in [-0.25, -0.2) is 9.79 Å². The Balaban J connectivity index is 1.43. The summed E-state index contributed by atoms with van der Waals surface area (Å²) in [5.74, 6) is 0.306. The molecule has 0 bridgehead atoms. The maximum Gasteiger partial charge on any atom is 0.363 e. The van der Waals surface area contributed by atoms with Crippen LogP contribution in [0.5, 0.6) is 5.75 Å². The van der Waals surface area contributed by atoms with Crippen LogP contribution in [0.15, 0.2) is 83.5 Å². The smallest absolute Gasteiger partial charge is 0.363 e. The predicted octanol–water partition coefficient (Wildman–Crippen LogP) is 5.17. The Bertz CT molecular complexity index is 1220. The quantitative estimate of drug-likeness (QED) is 0.267. The fraction of sp³-hybridized carbons (Fsp3) is 0.0800. The van der Waals surface area contributed by atoms with Crippen LogP contribution < -0.4 is 10.1 Å². The molecule has 0 unspecified atom stereocenters. The van der Waals surface area contributed by atoms with Crippen LogP contribution in [-0.2, 0) is 20.9 Å². The molecule has 4 rings (SSSR count). The van der Waals surface area contributed by atoms with Crippen LogP contribution in [0.2, 0.25) is 0 Å². The second-order valence-electron chi connectivity index (χ2n) is 7.08. The normalized spacial score (nSPS) is 14.1. The largest absolute Gasteiger partial charge is 0.489 e. The molecule has 0 saturated carbocycles. The molecule has 32 heavy (non-hydrogen) atoms. The van der Waals surface area contributed by atoms with Crippen molar-refractivity contribution in [1.29, 1.82) is 0 Å². The van der Waals surface area contributed by atoms with Crippen molar-refractivity contribution in [3.8, 4) is 5.75 Å². The number of ether oxygens (including phenoxy) is 2. The van der Waals surface area contributed by atoms with Crippen molar-refractivity contribution in [3.05, 3.63) is 98.8 Å². The number of rotatable bonds is 6. The molecular weight excluding hydrogens is 519 g/mol. The molecule has 1 heterocycles. The highest BCUT2D eigenvalue weighted by Crippen LogP contribution is 2.22. The summed E-state index contributed by atoms with van der Waals surface area (Å²) in [6.07, 6.45) is 1.67. The lowest BCUT2D eigenvalue weighted by molar-refractivity contribution is -0.129. The minimum atomic E-state index is -0.509. The van der Waals surface area contributed by atoms with Crippen molar-refractivity contribution in [2.24, 2.45) is 4.99 Å². The van der Waals surface area contributed by atoms with E-state index in [4.69, 9.17) is 9.47 Å². The number of carbonyl (C=O) groups is 2. The number of halogens is 1. The van der Waals surface area contributed by atoms with Crippen LogP contribution >= 0.6 is 22.6 Å². The number of nitrogens with one attached hydrogen (secondary N) is 1. The molecule has 3 aromatic rings. The number of anilines is 1. The van der Waals surface area contributed by atoms with Crippen LogP contribution in [0, 0.1) is 3.57 Å². The summed E-state index contributed by atoms with van der Waals surface area (Å²) < 4.78 is 12.3. The SMILES string of the molecule is CC(=O)Nc1ccc(C2=N/C(=C\c3ccc(OCc4cccc(I)c4)cc3)C(=O)O2)cc1. The Morgan fingerprint density at radius 2 is 1.84 bits per heavy atom. The fourth-order valence-electron chi connectivity index (χ4n) is 3.04. The zero-order chi connectivity index (χ0) is 22.5. The zero-order valence-electron chi connectivity index (χ0n) is 17.2. The van der Waals surface area contributed by atoms with Gasteiger partial charge < -0.3 is 14.8 Å². The van der Waals surface area contributed by atoms with Gasteiger partial charge in [-0.05, 0) is 88.3 Å². The van der Waals surface area contributed by atoms with E-state index in [0.717, 1.165) is 20.4 Å². The molecule has 0 aromatic heterocycles. The average Bonchev–Trinajstić information content (AvgIpc) is 3.13. The number of nitrogens with zero attached hydrogens (tertiary/aromatic N) is 1. The van der Waals surface area contributed by atoms with Crippen LogP contribution in [0.4, 0.5) is 5.69 Å². The van der Waals surface area contributed by atoms with E-state index < -0.39 is 5.97 Å². The fourth-order valence-corrected chi connectivity index (χ4v) is 3.65. The maximum atomic E-state index is 12.2. The molecule has 1 amide bonds. The molecule has 0 saturated heterocycles. The van der Waals surface area contributed by atoms with Crippen LogP contribution in [0.25, 0.3) is 6.08 Å². The van der Waals surface area contributed by atoms with Gasteiger partial charge in [0.2, 0.25) is 11.8 Å². The monoisotopic (exact) mass is 538 g/mol. The van der Waals surface area contributed by atoms with Crippen LogP contribution in [-0.4, -0.2) is 17.8 Å². The molecule has 0 spiro atoms. The molecule has 6 nitrogen and oxygen atoms in total. The minimum absolute atomic E-state index is 0.154. The summed E-state index contributed by atoms with van der Waals surface area (Å²) in [6, 6.07) is 22.5. The number of esters is 1. The Morgan fingerprint density at radius 3 is 2.53 bits per heavy atom. The number of hydrogen-bond donors (Lipinski definition) is 1. The molecule has 1 aliphatic rings. The second kappa shape index (κ2) is 9.78. The highest BCUT2D eigenvalue weighted by molar-refractivity contribution is 14.1. The molecular formula is C25H19IN2O4. The van der Waals surface area contributed by atoms with Crippen molar-refractivity contribution >= 4 is 52.1 Å². The third-order valence-electron chi connectivity index (χ3n) is 4.55. The molecule has 1 N–H and O–H groups in total. The standard InChI is InChI=1S/C25H19IN2O4/c1-16(29)27-21-9-7-19(8-10-21)24-28-23(25(30)32-24)14-17-5-11-22(12-6-17)31-15-18-3-2-4-20(26)13-18/h2-14H,15H2,1H3,(H,27,29)/b23-14-. The van der Waals surface area contributed by atoms with Gasteiger partial charge in [-0.3, -0.25) is 4.79 Å². The van der Waals surface area contributed by atoms with Gasteiger partial charge in [0.25, 0.3) is 0 Å². The van der Waals surface area contributed by atoms with E-state index in [0.29, 0.717) is 17.9 Å². The van der Waals surface area contributed by atoms with E-state index in [1.54, 1.807) is 30.3 Å². The highest BCUT2D eigenvalue weighted by Gasteiger charge is 2.24. The van der Waals surface area contributed by atoms with E-state index in [2.05, 4.69) is 39.0 Å². The summed E-state index contributed by atoms with van der Waals surface area (Å²) in [4.78, 5) is 27.7. The number of aliphatic imine (C=N–C) groups is 1. The first-order valence-electron chi connectivity index (χ1n) is 9.84. The number of benzene rings is 3. The summed E-state index contributed by atoms with van der Waals surface area (Å²) in [5.41, 5.74) is 3.44. The van der Waals surface area contributed by atoms with E-state index in [1.807, 2.05) is 42.5 Å². The molecule has 3 aromatic carbocycles. The lowest BCUT2D eigenvalue weighted by Crippen LogP contribution is -2.07. The van der Waals surface area contributed by atoms with Gasteiger partial charge in [-0.2, -0.15) is 0 Å². The molecule has 0 fully saturated rings. The lowest BCUT2D eigenvalue weighted by Gasteiger charge is -2.07. The van der Waals surface area contributed by atoms with Crippen molar-refractivity contribution in [2.45, 2.75) is 13.5 Å². The van der Waals surface area contributed by atoms with Gasteiger partial charge in [-0.1, -0.05) is 24.3 Å². The van der Waals surface area contributed by atoms with Crippen LogP contribution in [0.1, 0.15) is 23.6 Å². The van der Waals surface area contributed by atoms with Gasteiger partial charge >= 0.3 is 5.97 Å². The summed E-state index contributed by atoms with van der Waals surface area (Å²) in [6.45, 7) is 1.92. The maximum absolute atomic E-state index is 12.2. The summed E-state index contributed by atoms with van der Waals surface area (Å²) in [7, 11) is 0. The van der Waals surface area contributed by atoms with Crippen molar-refractivity contribution in [1.82, 2.24) is 0 Å². The molecule has 0 aliphatic carbocycles. The predicted molar refractivity (Wildman–Crippen MR) is 131 cm³/mol. The number of hydrogen-bond acceptors (Lipinski definition) is 5. The topological polar surface area (TPSA) is 77.0 Å². The first-order valence-corrected chi connectivity index (χ1v) is 10.9. The molecule has 7 heteroatoms. The minimum Gasteiger partial charge on any atom is -0.489 e. The van der Waals surface area contributed by atoms with Gasteiger partial charge in [0, 0.05) is 21.7 Å². The summed E-state index contributed by atoms with van der Waals surface area (Å²) in [5, 5.41) is 2.69. The van der Waals surface area contributed by atoms with Gasteiger partial charge in [0.15, 0.2) is 5.70 Å².